The van der Waals surface area contributed by atoms with Gasteiger partial charge in [0.05, 0.1) is 0 Å². The van der Waals surface area contributed by atoms with E-state index < -0.39 is 0 Å². The van der Waals surface area contributed by atoms with Crippen LogP contribution >= 0.6 is 0 Å². The van der Waals surface area contributed by atoms with Crippen molar-refractivity contribution < 1.29 is 0 Å². The second kappa shape index (κ2) is 6.77. The first-order chi connectivity index (χ1) is 8.08. The maximum absolute atomic E-state index is 6.23. The van der Waals surface area contributed by atoms with Crippen molar-refractivity contribution in [2.75, 3.05) is 6.54 Å². The van der Waals surface area contributed by atoms with Gasteiger partial charge in [0.1, 0.15) is 0 Å². The number of hydrogen-bond acceptors (Lipinski definition) is 2. The van der Waals surface area contributed by atoms with Crippen molar-refractivity contribution in [3.8, 4) is 0 Å². The van der Waals surface area contributed by atoms with Gasteiger partial charge in [-0.3, -0.25) is 0 Å². The van der Waals surface area contributed by atoms with Crippen molar-refractivity contribution in [3.63, 3.8) is 0 Å². The van der Waals surface area contributed by atoms with Crippen LogP contribution in [0.1, 0.15) is 44.4 Å². The fraction of sp³-hybridized carbons (Fsp3) is 0.600. The summed E-state index contributed by atoms with van der Waals surface area (Å²) in [5.74, 6) is 1.08. The Morgan fingerprint density at radius 2 is 1.71 bits per heavy atom. The highest BCUT2D eigenvalue weighted by Gasteiger charge is 2.15. The van der Waals surface area contributed by atoms with E-state index >= 15 is 0 Å². The van der Waals surface area contributed by atoms with E-state index in [9.17, 15) is 0 Å². The first-order valence-electron chi connectivity index (χ1n) is 6.63. The van der Waals surface area contributed by atoms with Gasteiger partial charge in [-0.15, -0.1) is 0 Å². The molecule has 1 aromatic carbocycles. The van der Waals surface area contributed by atoms with Crippen LogP contribution < -0.4 is 11.5 Å². The van der Waals surface area contributed by atoms with Crippen LogP contribution in [0.25, 0.3) is 0 Å². The standard InChI is InChI=1S/C15H26N2/c1-4-13(10-16)15(17)14-7-5-12(6-8-14)9-11(2)3/h5-8,11,13,15H,4,9-10,16-17H2,1-3H3. The Balaban J connectivity index is 2.72. The monoisotopic (exact) mass is 234 g/mol. The average molecular weight is 234 g/mol. The van der Waals surface area contributed by atoms with Crippen LogP contribution in [0.4, 0.5) is 0 Å². The van der Waals surface area contributed by atoms with Gasteiger partial charge in [0.15, 0.2) is 0 Å². The van der Waals surface area contributed by atoms with E-state index in [0.29, 0.717) is 18.4 Å². The molecule has 0 aliphatic rings. The Labute approximate surface area is 105 Å². The molecule has 2 unspecified atom stereocenters. The zero-order chi connectivity index (χ0) is 12.8. The number of hydrogen-bond donors (Lipinski definition) is 2. The Morgan fingerprint density at radius 1 is 1.12 bits per heavy atom. The maximum Gasteiger partial charge on any atom is 0.0335 e. The Morgan fingerprint density at radius 3 is 2.12 bits per heavy atom. The summed E-state index contributed by atoms with van der Waals surface area (Å²) in [7, 11) is 0. The third-order valence-electron chi connectivity index (χ3n) is 3.34. The molecule has 17 heavy (non-hydrogen) atoms. The van der Waals surface area contributed by atoms with Gasteiger partial charge in [0.2, 0.25) is 0 Å². The summed E-state index contributed by atoms with van der Waals surface area (Å²) in [5, 5.41) is 0. The molecule has 2 heteroatoms. The van der Waals surface area contributed by atoms with E-state index in [-0.39, 0.29) is 6.04 Å². The van der Waals surface area contributed by atoms with Crippen molar-refractivity contribution in [1.82, 2.24) is 0 Å². The average Bonchev–Trinajstić information content (AvgIpc) is 2.30. The van der Waals surface area contributed by atoms with Gasteiger partial charge >= 0.3 is 0 Å². The van der Waals surface area contributed by atoms with Crippen LogP contribution in [0, 0.1) is 11.8 Å². The SMILES string of the molecule is CCC(CN)C(N)c1ccc(CC(C)C)cc1. The van der Waals surface area contributed by atoms with Crippen LogP contribution in [0.3, 0.4) is 0 Å². The Hall–Kier alpha value is -0.860. The normalized spacial score (nSPS) is 14.9. The number of benzene rings is 1. The molecule has 0 saturated heterocycles. The summed E-state index contributed by atoms with van der Waals surface area (Å²) in [5.41, 5.74) is 14.6. The summed E-state index contributed by atoms with van der Waals surface area (Å²) in [4.78, 5) is 0. The molecule has 4 N–H and O–H groups in total. The Kier molecular flexibility index (Phi) is 5.66. The second-order valence-corrected chi connectivity index (χ2v) is 5.27. The molecule has 0 amide bonds. The van der Waals surface area contributed by atoms with Crippen molar-refractivity contribution in [2.24, 2.45) is 23.3 Å². The minimum atomic E-state index is 0.0677. The molecule has 2 atom stereocenters. The molecule has 1 aromatic rings. The predicted octanol–water partition coefficient (Wildman–Crippen LogP) is 2.87. The first-order valence-corrected chi connectivity index (χ1v) is 6.63. The quantitative estimate of drug-likeness (QED) is 0.795. The minimum absolute atomic E-state index is 0.0677. The lowest BCUT2D eigenvalue weighted by Gasteiger charge is -2.21. The van der Waals surface area contributed by atoms with Crippen molar-refractivity contribution in [1.29, 1.82) is 0 Å². The molecule has 0 aliphatic carbocycles. The van der Waals surface area contributed by atoms with Crippen LogP contribution in [0.2, 0.25) is 0 Å². The summed E-state index contributed by atoms with van der Waals surface area (Å²) in [6, 6.07) is 8.76. The highest BCUT2D eigenvalue weighted by Crippen LogP contribution is 2.22. The minimum Gasteiger partial charge on any atom is -0.330 e. The molecule has 0 spiro atoms. The van der Waals surface area contributed by atoms with Crippen molar-refractivity contribution in [2.45, 2.75) is 39.7 Å². The Bertz CT molecular complexity index is 312. The van der Waals surface area contributed by atoms with E-state index in [1.54, 1.807) is 0 Å². The molecule has 0 heterocycles. The third kappa shape index (κ3) is 4.14. The van der Waals surface area contributed by atoms with Crippen molar-refractivity contribution >= 4 is 0 Å². The molecular weight excluding hydrogens is 208 g/mol. The van der Waals surface area contributed by atoms with Gasteiger partial charge in [0, 0.05) is 6.04 Å². The molecule has 0 fully saturated rings. The number of nitrogens with two attached hydrogens (primary N) is 2. The molecule has 0 aliphatic heterocycles. The van der Waals surface area contributed by atoms with Gasteiger partial charge in [-0.25, -0.2) is 0 Å². The first kappa shape index (κ1) is 14.2. The summed E-state index contributed by atoms with van der Waals surface area (Å²) in [6.07, 6.45) is 2.16. The third-order valence-corrected chi connectivity index (χ3v) is 3.34. The van der Waals surface area contributed by atoms with Gasteiger partial charge in [-0.2, -0.15) is 0 Å². The summed E-state index contributed by atoms with van der Waals surface area (Å²) >= 11 is 0. The van der Waals surface area contributed by atoms with Crippen LogP contribution in [0.15, 0.2) is 24.3 Å². The van der Waals surface area contributed by atoms with E-state index in [2.05, 4.69) is 45.0 Å². The van der Waals surface area contributed by atoms with Gasteiger partial charge in [-0.05, 0) is 35.9 Å². The van der Waals surface area contributed by atoms with E-state index in [4.69, 9.17) is 11.5 Å². The molecule has 96 valence electrons. The highest BCUT2D eigenvalue weighted by atomic mass is 14.7. The van der Waals surface area contributed by atoms with E-state index in [1.807, 2.05) is 0 Å². The second-order valence-electron chi connectivity index (χ2n) is 5.27. The lowest BCUT2D eigenvalue weighted by molar-refractivity contribution is 0.428. The molecular formula is C15H26N2. The zero-order valence-electron chi connectivity index (χ0n) is 11.3. The fourth-order valence-corrected chi connectivity index (χ4v) is 2.19. The maximum atomic E-state index is 6.23. The van der Waals surface area contributed by atoms with E-state index in [0.717, 1.165) is 12.8 Å². The largest absolute Gasteiger partial charge is 0.330 e. The van der Waals surface area contributed by atoms with Crippen LogP contribution in [0.5, 0.6) is 0 Å². The van der Waals surface area contributed by atoms with Gasteiger partial charge in [-0.1, -0.05) is 51.5 Å². The molecule has 0 bridgehead atoms. The zero-order valence-corrected chi connectivity index (χ0v) is 11.3. The summed E-state index contributed by atoms with van der Waals surface area (Å²) < 4.78 is 0. The highest BCUT2D eigenvalue weighted by molar-refractivity contribution is 5.25. The molecule has 0 radical (unpaired) electrons. The van der Waals surface area contributed by atoms with Crippen LogP contribution in [-0.4, -0.2) is 6.54 Å². The van der Waals surface area contributed by atoms with Gasteiger partial charge < -0.3 is 11.5 Å². The molecule has 0 saturated carbocycles. The molecule has 0 aromatic heterocycles. The summed E-state index contributed by atoms with van der Waals surface area (Å²) in [6.45, 7) is 7.28. The van der Waals surface area contributed by atoms with Crippen molar-refractivity contribution in [3.05, 3.63) is 35.4 Å². The van der Waals surface area contributed by atoms with E-state index in [1.165, 1.54) is 11.1 Å². The fourth-order valence-electron chi connectivity index (χ4n) is 2.19. The predicted molar refractivity (Wildman–Crippen MR) is 74.7 cm³/mol. The van der Waals surface area contributed by atoms with Crippen LogP contribution in [-0.2, 0) is 6.42 Å². The van der Waals surface area contributed by atoms with Gasteiger partial charge in [0.25, 0.3) is 0 Å². The lowest BCUT2D eigenvalue weighted by Crippen LogP contribution is -2.27. The molecule has 2 nitrogen and oxygen atoms in total. The smallest absolute Gasteiger partial charge is 0.0335 e. The number of rotatable bonds is 6. The topological polar surface area (TPSA) is 52.0 Å². The molecule has 1 rings (SSSR count). The lowest BCUT2D eigenvalue weighted by atomic mass is 9.90.